The van der Waals surface area contributed by atoms with Crippen molar-refractivity contribution in [1.29, 1.82) is 0 Å². The van der Waals surface area contributed by atoms with E-state index in [2.05, 4.69) is 5.32 Å². The minimum Gasteiger partial charge on any atom is -0.449 e. The first kappa shape index (κ1) is 22.4. The summed E-state index contributed by atoms with van der Waals surface area (Å²) in [6.07, 6.45) is -3.49. The molecule has 6 nitrogen and oxygen atoms in total. The van der Waals surface area contributed by atoms with Gasteiger partial charge < -0.3 is 24.1 Å². The number of ether oxygens (including phenoxy) is 2. The van der Waals surface area contributed by atoms with Crippen molar-refractivity contribution in [2.24, 2.45) is 5.92 Å². The van der Waals surface area contributed by atoms with Gasteiger partial charge in [0.1, 0.15) is 5.58 Å². The SMILES string of the molecule is O=C1NCCN(CC(F)(F)C2CCC3(CC2)OCCO3)c2c1oc1ccc(C(F)(F)F)cc21. The third-order valence-electron chi connectivity index (χ3n) is 6.74. The molecule has 2 aliphatic heterocycles. The van der Waals surface area contributed by atoms with Gasteiger partial charge in [-0.1, -0.05) is 0 Å². The van der Waals surface area contributed by atoms with Crippen LogP contribution in [0.25, 0.3) is 11.0 Å². The van der Waals surface area contributed by atoms with Crippen molar-refractivity contribution >= 4 is 22.6 Å². The van der Waals surface area contributed by atoms with Crippen LogP contribution in [-0.4, -0.2) is 50.5 Å². The zero-order valence-electron chi connectivity index (χ0n) is 17.6. The summed E-state index contributed by atoms with van der Waals surface area (Å²) < 4.78 is 87.4. The van der Waals surface area contributed by atoms with E-state index >= 15 is 8.78 Å². The maximum absolute atomic E-state index is 15.4. The molecule has 3 aliphatic rings. The first-order valence-corrected chi connectivity index (χ1v) is 10.9. The molecule has 1 aromatic carbocycles. The highest BCUT2D eigenvalue weighted by molar-refractivity contribution is 6.07. The van der Waals surface area contributed by atoms with Crippen molar-refractivity contribution in [2.75, 3.05) is 37.7 Å². The van der Waals surface area contributed by atoms with Crippen LogP contribution in [0, 0.1) is 5.92 Å². The van der Waals surface area contributed by atoms with E-state index < -0.39 is 41.8 Å². The van der Waals surface area contributed by atoms with E-state index in [1.54, 1.807) is 0 Å². The Hall–Kier alpha value is -2.40. The minimum atomic E-state index is -4.62. The minimum absolute atomic E-state index is 0.0111. The van der Waals surface area contributed by atoms with Crippen molar-refractivity contribution in [2.45, 2.75) is 43.6 Å². The van der Waals surface area contributed by atoms with Crippen molar-refractivity contribution in [3.63, 3.8) is 0 Å². The summed E-state index contributed by atoms with van der Waals surface area (Å²) in [6, 6.07) is 2.80. The molecule has 1 saturated carbocycles. The molecule has 11 heteroatoms. The Morgan fingerprint density at radius 2 is 1.79 bits per heavy atom. The predicted octanol–water partition coefficient (Wildman–Crippen LogP) is 4.57. The molecule has 1 aliphatic carbocycles. The van der Waals surface area contributed by atoms with Crippen LogP contribution in [0.5, 0.6) is 0 Å². The first-order valence-electron chi connectivity index (χ1n) is 10.9. The van der Waals surface area contributed by atoms with Gasteiger partial charge in [0.15, 0.2) is 5.79 Å². The number of hydrogen-bond acceptors (Lipinski definition) is 5. The summed E-state index contributed by atoms with van der Waals surface area (Å²) in [7, 11) is 0. The van der Waals surface area contributed by atoms with Gasteiger partial charge in [-0.15, -0.1) is 0 Å². The van der Waals surface area contributed by atoms with Crippen molar-refractivity contribution in [3.8, 4) is 0 Å². The van der Waals surface area contributed by atoms with Gasteiger partial charge in [0.05, 0.1) is 31.0 Å². The predicted molar refractivity (Wildman–Crippen MR) is 107 cm³/mol. The van der Waals surface area contributed by atoms with Crippen LogP contribution in [0.1, 0.15) is 41.8 Å². The van der Waals surface area contributed by atoms with Gasteiger partial charge >= 0.3 is 6.18 Å². The molecule has 3 heterocycles. The van der Waals surface area contributed by atoms with Crippen LogP contribution in [-0.2, 0) is 15.7 Å². The summed E-state index contributed by atoms with van der Waals surface area (Å²) in [5.74, 6) is -5.75. The molecule has 5 rings (SSSR count). The number of fused-ring (bicyclic) bond motifs is 3. The summed E-state index contributed by atoms with van der Waals surface area (Å²) in [5, 5.41) is 2.55. The molecule has 1 aromatic heterocycles. The van der Waals surface area contributed by atoms with Crippen LogP contribution in [0.4, 0.5) is 27.6 Å². The van der Waals surface area contributed by atoms with E-state index in [0.29, 0.717) is 26.1 Å². The van der Waals surface area contributed by atoms with Crippen molar-refractivity contribution in [3.05, 3.63) is 29.5 Å². The lowest BCUT2D eigenvalue weighted by Crippen LogP contribution is -2.47. The fraction of sp³-hybridized carbons (Fsp3) is 0.591. The second-order valence-electron chi connectivity index (χ2n) is 8.81. The van der Waals surface area contributed by atoms with Gasteiger partial charge in [0.2, 0.25) is 5.76 Å². The maximum atomic E-state index is 15.4. The van der Waals surface area contributed by atoms with Crippen LogP contribution >= 0.6 is 0 Å². The summed E-state index contributed by atoms with van der Waals surface area (Å²) in [5.41, 5.74) is -0.932. The summed E-state index contributed by atoms with van der Waals surface area (Å²) in [6.45, 7) is 0.245. The number of rotatable bonds is 3. The average Bonchev–Trinajstić information content (AvgIpc) is 3.33. The fourth-order valence-corrected chi connectivity index (χ4v) is 5.03. The van der Waals surface area contributed by atoms with E-state index in [1.165, 1.54) is 4.90 Å². The maximum Gasteiger partial charge on any atom is 0.416 e. The smallest absolute Gasteiger partial charge is 0.416 e. The number of nitrogens with zero attached hydrogens (tertiary/aromatic N) is 1. The third-order valence-corrected chi connectivity index (χ3v) is 6.74. The van der Waals surface area contributed by atoms with Crippen molar-refractivity contribution < 1.29 is 40.6 Å². The second-order valence-corrected chi connectivity index (χ2v) is 8.81. The topological polar surface area (TPSA) is 63.9 Å². The second kappa shape index (κ2) is 7.83. The average molecular weight is 474 g/mol. The monoisotopic (exact) mass is 474 g/mol. The zero-order valence-corrected chi connectivity index (χ0v) is 17.6. The van der Waals surface area contributed by atoms with E-state index in [0.717, 1.165) is 18.2 Å². The molecule has 2 fully saturated rings. The molecule has 180 valence electrons. The van der Waals surface area contributed by atoms with Gasteiger partial charge in [-0.2, -0.15) is 13.2 Å². The molecular weight excluding hydrogens is 451 g/mol. The van der Waals surface area contributed by atoms with Crippen LogP contribution < -0.4 is 10.2 Å². The molecule has 1 N–H and O–H groups in total. The van der Waals surface area contributed by atoms with Gasteiger partial charge in [-0.25, -0.2) is 8.78 Å². The number of furan rings is 1. The zero-order chi connectivity index (χ0) is 23.4. The number of amides is 1. The van der Waals surface area contributed by atoms with E-state index in [1.807, 2.05) is 0 Å². The number of anilines is 1. The molecule has 0 atom stereocenters. The van der Waals surface area contributed by atoms with Gasteiger partial charge in [0, 0.05) is 37.2 Å². The largest absolute Gasteiger partial charge is 0.449 e. The fourth-order valence-electron chi connectivity index (χ4n) is 5.03. The number of hydrogen-bond donors (Lipinski definition) is 1. The lowest BCUT2D eigenvalue weighted by atomic mass is 9.81. The number of alkyl halides is 5. The number of halogens is 5. The van der Waals surface area contributed by atoms with Gasteiger partial charge in [0.25, 0.3) is 11.8 Å². The van der Waals surface area contributed by atoms with E-state index in [9.17, 15) is 18.0 Å². The Labute approximate surface area is 186 Å². The lowest BCUT2D eigenvalue weighted by molar-refractivity contribution is -0.197. The molecule has 0 unspecified atom stereocenters. The molecule has 33 heavy (non-hydrogen) atoms. The highest BCUT2D eigenvalue weighted by Gasteiger charge is 2.49. The van der Waals surface area contributed by atoms with Crippen molar-refractivity contribution in [1.82, 2.24) is 5.32 Å². The molecule has 1 spiro atoms. The Balaban J connectivity index is 1.45. The number of carbonyl (C=O) groups excluding carboxylic acids is 1. The van der Waals surface area contributed by atoms with Crippen LogP contribution in [0.2, 0.25) is 0 Å². The lowest BCUT2D eigenvalue weighted by Gasteiger charge is -2.39. The Morgan fingerprint density at radius 3 is 2.45 bits per heavy atom. The molecular formula is C22H23F5N2O4. The Kier molecular flexibility index (Phi) is 5.32. The number of nitrogens with one attached hydrogen (secondary N) is 1. The number of carbonyl (C=O) groups is 1. The number of benzene rings is 1. The highest BCUT2D eigenvalue weighted by atomic mass is 19.4. The van der Waals surface area contributed by atoms with Gasteiger partial charge in [-0.3, -0.25) is 4.79 Å². The van der Waals surface area contributed by atoms with E-state index in [-0.39, 0.29) is 48.3 Å². The van der Waals surface area contributed by atoms with E-state index in [4.69, 9.17) is 13.9 Å². The molecule has 2 aromatic rings. The molecule has 0 bridgehead atoms. The first-order chi connectivity index (χ1) is 15.6. The molecule has 1 saturated heterocycles. The quantitative estimate of drug-likeness (QED) is 0.661. The third kappa shape index (κ3) is 4.05. The summed E-state index contributed by atoms with van der Waals surface area (Å²) >= 11 is 0. The Morgan fingerprint density at radius 1 is 1.09 bits per heavy atom. The highest BCUT2D eigenvalue weighted by Crippen LogP contribution is 2.46. The normalized spacial score (nSPS) is 22.0. The molecule has 0 radical (unpaired) electrons. The standard InChI is InChI=1S/C22H23F5N2O4/c23-21(24,13-3-5-20(6-4-13)31-9-10-32-20)12-29-8-7-28-19(30)18-17(29)15-11-14(22(25,26)27)1-2-16(15)33-18/h1-2,11,13H,3-10,12H2,(H,28,30). The van der Waals surface area contributed by atoms with Gasteiger partial charge in [-0.05, 0) is 31.0 Å². The van der Waals surface area contributed by atoms with Crippen LogP contribution in [0.15, 0.2) is 22.6 Å². The Bertz CT molecular complexity index is 1050. The molecule has 1 amide bonds. The van der Waals surface area contributed by atoms with Crippen LogP contribution in [0.3, 0.4) is 0 Å². The summed E-state index contributed by atoms with van der Waals surface area (Å²) in [4.78, 5) is 13.7.